The maximum Gasteiger partial charge on any atom is 0.138 e. The highest BCUT2D eigenvalue weighted by atomic mass is 15.1. The fourth-order valence-corrected chi connectivity index (χ4v) is 5.21. The van der Waals surface area contributed by atoms with Crippen molar-refractivity contribution in [1.82, 2.24) is 35.3 Å². The summed E-state index contributed by atoms with van der Waals surface area (Å²) in [5.74, 6) is 0. The number of nitrogens with zero attached hydrogens (tertiary/aromatic N) is 7. The van der Waals surface area contributed by atoms with Gasteiger partial charge in [-0.1, -0.05) is 48.5 Å². The van der Waals surface area contributed by atoms with E-state index < -0.39 is 0 Å². The molecule has 8 rings (SSSR count). The Kier molecular flexibility index (Phi) is 4.99. The number of rotatable bonds is 3. The molecule has 3 heterocycles. The van der Waals surface area contributed by atoms with Gasteiger partial charge >= 0.3 is 0 Å². The standard InChI is InChI=1S/C33H19N7/c1-2-4-21-12-26-13-23(6-5-22(26)11-20(21)3-1)27-16-30(24-7-9-28-32(14-24)34-18-36-39-28)38-31(17-27)25-8-10-29-33(15-25)35-19-37-40-29/h1-19H. The molecule has 0 amide bonds. The van der Waals surface area contributed by atoms with E-state index in [1.807, 2.05) is 36.4 Å². The largest absolute Gasteiger partial charge is 0.248 e. The van der Waals surface area contributed by atoms with Crippen molar-refractivity contribution < 1.29 is 0 Å². The number of fused-ring (bicyclic) bond motifs is 4. The zero-order valence-corrected chi connectivity index (χ0v) is 21.1. The molecule has 0 N–H and O–H groups in total. The second-order valence-corrected chi connectivity index (χ2v) is 9.71. The van der Waals surface area contributed by atoms with E-state index in [4.69, 9.17) is 4.98 Å². The smallest absolute Gasteiger partial charge is 0.138 e. The summed E-state index contributed by atoms with van der Waals surface area (Å²) in [6, 6.07) is 35.7. The van der Waals surface area contributed by atoms with Crippen LogP contribution in [0, 0.1) is 0 Å². The Hall–Kier alpha value is -5.69. The Bertz CT molecular complexity index is 2150. The van der Waals surface area contributed by atoms with Crippen LogP contribution >= 0.6 is 0 Å². The Balaban J connectivity index is 1.33. The molecule has 0 aliphatic carbocycles. The third-order valence-corrected chi connectivity index (χ3v) is 7.23. The van der Waals surface area contributed by atoms with Gasteiger partial charge in [0.25, 0.3) is 0 Å². The van der Waals surface area contributed by atoms with Crippen molar-refractivity contribution in [3.63, 3.8) is 0 Å². The van der Waals surface area contributed by atoms with Gasteiger partial charge in [-0.3, -0.25) is 0 Å². The SMILES string of the molecule is c1ccc2cc3cc(-c4cc(-c5ccc6nncnc6c5)nc(-c5ccc6nncnc6c5)c4)ccc3cc2c1. The van der Waals surface area contributed by atoms with Gasteiger partial charge in [0.15, 0.2) is 0 Å². The number of pyridine rings is 1. The molecule has 40 heavy (non-hydrogen) atoms. The van der Waals surface area contributed by atoms with Gasteiger partial charge in [0.1, 0.15) is 23.7 Å². The van der Waals surface area contributed by atoms with Crippen molar-refractivity contribution in [1.29, 1.82) is 0 Å². The lowest BCUT2D eigenvalue weighted by Crippen LogP contribution is -1.94. The first-order valence-corrected chi connectivity index (χ1v) is 12.9. The summed E-state index contributed by atoms with van der Waals surface area (Å²) in [5.41, 5.74) is 8.79. The van der Waals surface area contributed by atoms with Gasteiger partial charge in [-0.15, -0.1) is 20.4 Å². The molecule has 0 atom stereocenters. The van der Waals surface area contributed by atoms with Crippen LogP contribution in [0.2, 0.25) is 0 Å². The lowest BCUT2D eigenvalue weighted by atomic mass is 9.96. The molecular weight excluding hydrogens is 494 g/mol. The van der Waals surface area contributed by atoms with Crippen LogP contribution in [-0.2, 0) is 0 Å². The Morgan fingerprint density at radius 1 is 0.375 bits per heavy atom. The molecule has 0 unspecified atom stereocenters. The minimum Gasteiger partial charge on any atom is -0.248 e. The van der Waals surface area contributed by atoms with E-state index in [1.165, 1.54) is 34.2 Å². The fraction of sp³-hybridized carbons (Fsp3) is 0. The quantitative estimate of drug-likeness (QED) is 0.233. The van der Waals surface area contributed by atoms with Crippen LogP contribution in [0.4, 0.5) is 0 Å². The lowest BCUT2D eigenvalue weighted by molar-refractivity contribution is 1.02. The van der Waals surface area contributed by atoms with Crippen LogP contribution in [0.15, 0.2) is 116 Å². The first kappa shape index (κ1) is 22.3. The first-order chi connectivity index (χ1) is 19.8. The molecule has 7 heteroatoms. The maximum atomic E-state index is 5.09. The molecule has 0 bridgehead atoms. The Morgan fingerprint density at radius 2 is 0.925 bits per heavy atom. The molecule has 5 aromatic carbocycles. The normalized spacial score (nSPS) is 11.5. The second-order valence-electron chi connectivity index (χ2n) is 9.71. The van der Waals surface area contributed by atoms with E-state index in [9.17, 15) is 0 Å². The van der Waals surface area contributed by atoms with Crippen molar-refractivity contribution in [2.45, 2.75) is 0 Å². The highest BCUT2D eigenvalue weighted by Gasteiger charge is 2.12. The molecular formula is C33H19N7. The molecule has 7 nitrogen and oxygen atoms in total. The predicted molar refractivity (Wildman–Crippen MR) is 157 cm³/mol. The van der Waals surface area contributed by atoms with Crippen molar-refractivity contribution in [3.05, 3.63) is 116 Å². The molecule has 0 fully saturated rings. The van der Waals surface area contributed by atoms with Crippen molar-refractivity contribution in [2.75, 3.05) is 0 Å². The molecule has 0 saturated heterocycles. The minimum absolute atomic E-state index is 0.742. The van der Waals surface area contributed by atoms with Crippen molar-refractivity contribution in [3.8, 4) is 33.6 Å². The number of aromatic nitrogens is 7. The van der Waals surface area contributed by atoms with E-state index in [1.54, 1.807) is 0 Å². The van der Waals surface area contributed by atoms with E-state index in [0.717, 1.165) is 55.7 Å². The molecule has 8 aromatic rings. The predicted octanol–water partition coefficient (Wildman–Crippen LogP) is 7.07. The van der Waals surface area contributed by atoms with Crippen LogP contribution in [0.1, 0.15) is 0 Å². The zero-order chi connectivity index (χ0) is 26.5. The topological polar surface area (TPSA) is 90.2 Å². The highest BCUT2D eigenvalue weighted by Crippen LogP contribution is 2.34. The Morgan fingerprint density at radius 3 is 1.55 bits per heavy atom. The van der Waals surface area contributed by atoms with Crippen LogP contribution in [0.5, 0.6) is 0 Å². The average Bonchev–Trinajstić information content (AvgIpc) is 3.02. The fourth-order valence-electron chi connectivity index (χ4n) is 5.21. The third kappa shape index (κ3) is 3.88. The summed E-state index contributed by atoms with van der Waals surface area (Å²) in [6.45, 7) is 0. The van der Waals surface area contributed by atoms with Crippen molar-refractivity contribution >= 4 is 43.6 Å². The number of hydrogen-bond acceptors (Lipinski definition) is 7. The van der Waals surface area contributed by atoms with Gasteiger partial charge in [0.05, 0.1) is 22.4 Å². The minimum atomic E-state index is 0.742. The monoisotopic (exact) mass is 513 g/mol. The third-order valence-electron chi connectivity index (χ3n) is 7.23. The molecule has 3 aromatic heterocycles. The van der Waals surface area contributed by atoms with Crippen LogP contribution in [-0.4, -0.2) is 35.3 Å². The second kappa shape index (κ2) is 8.96. The first-order valence-electron chi connectivity index (χ1n) is 12.9. The molecule has 0 aliphatic heterocycles. The average molecular weight is 514 g/mol. The van der Waals surface area contributed by atoms with Gasteiger partial charge in [-0.2, -0.15) is 0 Å². The molecule has 0 saturated carbocycles. The zero-order valence-electron chi connectivity index (χ0n) is 21.1. The number of benzene rings is 5. The van der Waals surface area contributed by atoms with E-state index in [0.29, 0.717) is 0 Å². The van der Waals surface area contributed by atoms with E-state index in [2.05, 4.69) is 97.1 Å². The molecule has 0 aliphatic rings. The summed E-state index contributed by atoms with van der Waals surface area (Å²) in [7, 11) is 0. The summed E-state index contributed by atoms with van der Waals surface area (Å²) < 4.78 is 0. The van der Waals surface area contributed by atoms with E-state index >= 15 is 0 Å². The van der Waals surface area contributed by atoms with Gasteiger partial charge in [0, 0.05) is 11.1 Å². The summed E-state index contributed by atoms with van der Waals surface area (Å²) >= 11 is 0. The van der Waals surface area contributed by atoms with Gasteiger partial charge in [-0.05, 0) is 87.3 Å². The maximum absolute atomic E-state index is 5.09. The number of hydrogen-bond donors (Lipinski definition) is 0. The highest BCUT2D eigenvalue weighted by molar-refractivity contribution is 6.00. The van der Waals surface area contributed by atoms with Gasteiger partial charge in [0.2, 0.25) is 0 Å². The molecule has 186 valence electrons. The van der Waals surface area contributed by atoms with Gasteiger partial charge < -0.3 is 0 Å². The van der Waals surface area contributed by atoms with Crippen LogP contribution in [0.3, 0.4) is 0 Å². The lowest BCUT2D eigenvalue weighted by Gasteiger charge is -2.12. The molecule has 0 spiro atoms. The van der Waals surface area contributed by atoms with Crippen LogP contribution in [0.25, 0.3) is 77.3 Å². The summed E-state index contributed by atoms with van der Waals surface area (Å²) in [4.78, 5) is 13.9. The van der Waals surface area contributed by atoms with Crippen molar-refractivity contribution in [2.24, 2.45) is 0 Å². The van der Waals surface area contributed by atoms with E-state index in [-0.39, 0.29) is 0 Å². The van der Waals surface area contributed by atoms with Gasteiger partial charge in [-0.25, -0.2) is 15.0 Å². The summed E-state index contributed by atoms with van der Waals surface area (Å²) in [5, 5.41) is 21.0. The summed E-state index contributed by atoms with van der Waals surface area (Å²) in [6.07, 6.45) is 2.93. The van der Waals surface area contributed by atoms with Crippen LogP contribution < -0.4 is 0 Å². The Labute approximate surface area is 228 Å². The molecule has 0 radical (unpaired) electrons.